The van der Waals surface area contributed by atoms with Crippen LogP contribution >= 0.6 is 0 Å². The maximum Gasteiger partial charge on any atom is 0.0787 e. The molecular weight excluding hydrogens is 701 g/mol. The summed E-state index contributed by atoms with van der Waals surface area (Å²) in [6, 6.07) is 63.4. The van der Waals surface area contributed by atoms with Gasteiger partial charge in [0.05, 0.1) is 11.4 Å². The molecule has 0 saturated carbocycles. The van der Waals surface area contributed by atoms with Crippen molar-refractivity contribution in [3.63, 3.8) is 0 Å². The van der Waals surface area contributed by atoms with E-state index in [0.29, 0.717) is 0 Å². The molecule has 0 N–H and O–H groups in total. The molecule has 2 aliphatic rings. The van der Waals surface area contributed by atoms with Gasteiger partial charge in [0.2, 0.25) is 0 Å². The summed E-state index contributed by atoms with van der Waals surface area (Å²) >= 11 is 0. The molecule has 12 aromatic rings. The Hall–Kier alpha value is -7.68. The fourth-order valence-electron chi connectivity index (χ4n) is 10.7. The lowest BCUT2D eigenvalue weighted by Gasteiger charge is -2.16. The Labute approximate surface area is 333 Å². The second-order valence-electron chi connectivity index (χ2n) is 16.0. The van der Waals surface area contributed by atoms with Gasteiger partial charge in [-0.3, -0.25) is 9.97 Å². The number of benzene rings is 10. The molecule has 58 heavy (non-hydrogen) atoms. The van der Waals surface area contributed by atoms with E-state index in [0.717, 1.165) is 11.4 Å². The normalized spacial score (nSPS) is 12.5. The number of hydrogen-bond acceptors (Lipinski definition) is 2. The highest BCUT2D eigenvalue weighted by Gasteiger charge is 2.26. The Bertz CT molecular complexity index is 3600. The highest BCUT2D eigenvalue weighted by atomic mass is 14.7. The van der Waals surface area contributed by atoms with Gasteiger partial charge < -0.3 is 0 Å². The maximum atomic E-state index is 4.86. The van der Waals surface area contributed by atoms with Crippen LogP contribution in [0, 0.1) is 0 Å². The molecule has 0 saturated heterocycles. The van der Waals surface area contributed by atoms with Gasteiger partial charge in [-0.15, -0.1) is 0 Å². The standard InChI is InChI=1S/C56H30N2/c1-3-11-37-35(9-1)45(27-49-41-15-5-13-39-43-17-7-23-57-55(43)51(53(39)41)29-47(37)49)33-21-19-32-26-34(22-20-31(32)25-33)46-28-50-42-16-6-14-40-44-18-8-24-58-56(44)52(54(40)42)30-48(50)38-12-4-2-10-36(38)46/h1-30H. The zero-order chi connectivity index (χ0) is 37.6. The monoisotopic (exact) mass is 730 g/mol. The lowest BCUT2D eigenvalue weighted by atomic mass is 9.88. The van der Waals surface area contributed by atoms with Crippen molar-refractivity contribution < 1.29 is 0 Å². The van der Waals surface area contributed by atoms with Gasteiger partial charge in [0.15, 0.2) is 0 Å². The fourth-order valence-corrected chi connectivity index (χ4v) is 10.7. The number of aromatic nitrogens is 2. The van der Waals surface area contributed by atoms with Gasteiger partial charge in [0, 0.05) is 34.6 Å². The van der Waals surface area contributed by atoms with E-state index >= 15 is 0 Å². The van der Waals surface area contributed by atoms with Crippen molar-refractivity contribution in [2.24, 2.45) is 0 Å². The van der Waals surface area contributed by atoms with Crippen molar-refractivity contribution in [3.8, 4) is 67.0 Å². The SMILES string of the molecule is c1cnc2c(c1)-c1cccc3c1c-2cc1c2ccccc2c(-c2ccc4cc(-c5cc6c7cccc8c7c(cc6c6ccccc56)-c5ncccc5-8)ccc4c2)cc31. The van der Waals surface area contributed by atoms with E-state index in [1.54, 1.807) is 0 Å². The lowest BCUT2D eigenvalue weighted by molar-refractivity contribution is 1.35. The first-order valence-corrected chi connectivity index (χ1v) is 20.1. The Morgan fingerprint density at radius 2 is 0.638 bits per heavy atom. The molecule has 0 amide bonds. The summed E-state index contributed by atoms with van der Waals surface area (Å²) in [5, 5.41) is 17.8. The third kappa shape index (κ3) is 3.91. The number of pyridine rings is 2. The Balaban J connectivity index is 0.955. The molecule has 0 unspecified atom stereocenters. The zero-order valence-electron chi connectivity index (χ0n) is 31.2. The second kappa shape index (κ2) is 11.0. The first-order chi connectivity index (χ1) is 28.8. The molecule has 2 aromatic heterocycles. The van der Waals surface area contributed by atoms with Crippen molar-refractivity contribution in [1.29, 1.82) is 0 Å². The minimum absolute atomic E-state index is 1.08. The molecule has 0 spiro atoms. The summed E-state index contributed by atoms with van der Waals surface area (Å²) in [7, 11) is 0. The third-order valence-electron chi connectivity index (χ3n) is 13.2. The van der Waals surface area contributed by atoms with Crippen LogP contribution in [-0.2, 0) is 0 Å². The van der Waals surface area contributed by atoms with Gasteiger partial charge in [-0.1, -0.05) is 121 Å². The van der Waals surface area contributed by atoms with Gasteiger partial charge in [-0.2, -0.15) is 0 Å². The third-order valence-corrected chi connectivity index (χ3v) is 13.2. The van der Waals surface area contributed by atoms with E-state index in [9.17, 15) is 0 Å². The molecule has 2 nitrogen and oxygen atoms in total. The Kier molecular flexibility index (Phi) is 5.79. The molecule has 2 aliphatic carbocycles. The molecule has 0 radical (unpaired) electrons. The van der Waals surface area contributed by atoms with Crippen LogP contribution in [0.15, 0.2) is 182 Å². The van der Waals surface area contributed by atoms with Crippen LogP contribution in [-0.4, -0.2) is 9.97 Å². The highest BCUT2D eigenvalue weighted by molar-refractivity contribution is 6.30. The van der Waals surface area contributed by atoms with Crippen molar-refractivity contribution in [2.45, 2.75) is 0 Å². The maximum absolute atomic E-state index is 4.86. The topological polar surface area (TPSA) is 25.8 Å². The average Bonchev–Trinajstić information content (AvgIpc) is 3.79. The van der Waals surface area contributed by atoms with E-state index in [1.807, 2.05) is 24.5 Å². The van der Waals surface area contributed by atoms with Gasteiger partial charge in [-0.25, -0.2) is 0 Å². The molecule has 0 aliphatic heterocycles. The van der Waals surface area contributed by atoms with Gasteiger partial charge in [0.25, 0.3) is 0 Å². The van der Waals surface area contributed by atoms with Crippen LogP contribution in [0.4, 0.5) is 0 Å². The van der Waals surface area contributed by atoms with Gasteiger partial charge in [0.1, 0.15) is 0 Å². The van der Waals surface area contributed by atoms with Crippen molar-refractivity contribution in [3.05, 3.63) is 182 Å². The molecule has 0 atom stereocenters. The number of hydrogen-bond donors (Lipinski definition) is 0. The van der Waals surface area contributed by atoms with E-state index in [4.69, 9.17) is 9.97 Å². The lowest BCUT2D eigenvalue weighted by Crippen LogP contribution is -1.89. The van der Waals surface area contributed by atoms with Crippen LogP contribution in [0.3, 0.4) is 0 Å². The van der Waals surface area contributed by atoms with Crippen molar-refractivity contribution >= 4 is 75.4 Å². The van der Waals surface area contributed by atoms with Crippen LogP contribution < -0.4 is 0 Å². The fraction of sp³-hybridized carbons (Fsp3) is 0. The van der Waals surface area contributed by atoms with Crippen LogP contribution in [0.5, 0.6) is 0 Å². The second-order valence-corrected chi connectivity index (χ2v) is 16.0. The minimum atomic E-state index is 1.08. The summed E-state index contributed by atoms with van der Waals surface area (Å²) in [6.45, 7) is 0. The summed E-state index contributed by atoms with van der Waals surface area (Å²) in [5.41, 5.74) is 14.6. The van der Waals surface area contributed by atoms with E-state index in [1.165, 1.54) is 131 Å². The molecule has 264 valence electrons. The molecular formula is C56H30N2. The quantitative estimate of drug-likeness (QED) is 0.166. The zero-order valence-corrected chi connectivity index (χ0v) is 31.2. The Morgan fingerprint density at radius 3 is 1.12 bits per heavy atom. The predicted octanol–water partition coefficient (Wildman–Crippen LogP) is 15.2. The first-order valence-electron chi connectivity index (χ1n) is 20.1. The number of rotatable bonds is 2. The van der Waals surface area contributed by atoms with E-state index < -0.39 is 0 Å². The summed E-state index contributed by atoms with van der Waals surface area (Å²) in [4.78, 5) is 9.72. The molecule has 10 aromatic carbocycles. The van der Waals surface area contributed by atoms with Crippen molar-refractivity contribution in [2.75, 3.05) is 0 Å². The largest absolute Gasteiger partial charge is 0.256 e. The van der Waals surface area contributed by atoms with Crippen LogP contribution in [0.2, 0.25) is 0 Å². The summed E-state index contributed by atoms with van der Waals surface area (Å²) < 4.78 is 0. The number of fused-ring (bicyclic) bond motifs is 15. The summed E-state index contributed by atoms with van der Waals surface area (Å²) in [5.74, 6) is 0. The first kappa shape index (κ1) is 30.5. The van der Waals surface area contributed by atoms with E-state index in [-0.39, 0.29) is 0 Å². The van der Waals surface area contributed by atoms with Crippen molar-refractivity contribution in [1.82, 2.24) is 9.97 Å². The number of nitrogens with zero attached hydrogens (tertiary/aromatic N) is 2. The molecule has 0 bridgehead atoms. The van der Waals surface area contributed by atoms with Crippen LogP contribution in [0.1, 0.15) is 0 Å². The summed E-state index contributed by atoms with van der Waals surface area (Å²) in [6.07, 6.45) is 3.83. The molecule has 2 heterocycles. The predicted molar refractivity (Wildman–Crippen MR) is 244 cm³/mol. The smallest absolute Gasteiger partial charge is 0.0787 e. The highest BCUT2D eigenvalue weighted by Crippen LogP contribution is 2.52. The van der Waals surface area contributed by atoms with Gasteiger partial charge in [-0.05, 0) is 157 Å². The van der Waals surface area contributed by atoms with Crippen LogP contribution in [0.25, 0.3) is 142 Å². The average molecular weight is 731 g/mol. The molecule has 0 fully saturated rings. The van der Waals surface area contributed by atoms with Gasteiger partial charge >= 0.3 is 0 Å². The van der Waals surface area contributed by atoms with E-state index in [2.05, 4.69) is 158 Å². The molecule has 2 heteroatoms. The Morgan fingerprint density at radius 1 is 0.241 bits per heavy atom. The minimum Gasteiger partial charge on any atom is -0.256 e. The molecule has 14 rings (SSSR count).